The van der Waals surface area contributed by atoms with Crippen LogP contribution in [0.15, 0.2) is 30.5 Å². The second-order valence-corrected chi connectivity index (χ2v) is 8.83. The van der Waals surface area contributed by atoms with Crippen LogP contribution in [0, 0.1) is 5.92 Å². The Labute approximate surface area is 176 Å². The van der Waals surface area contributed by atoms with E-state index in [0.717, 1.165) is 73.2 Å². The van der Waals surface area contributed by atoms with Crippen LogP contribution in [0.4, 0.5) is 0 Å². The zero-order chi connectivity index (χ0) is 20.2. The van der Waals surface area contributed by atoms with Crippen molar-refractivity contribution in [2.75, 3.05) is 20.1 Å². The van der Waals surface area contributed by atoms with Crippen molar-refractivity contribution in [3.8, 4) is 0 Å². The summed E-state index contributed by atoms with van der Waals surface area (Å²) in [6, 6.07) is 8.31. The van der Waals surface area contributed by atoms with Crippen molar-refractivity contribution in [2.45, 2.75) is 44.8 Å². The molecule has 1 aliphatic carbocycles. The minimum absolute atomic E-state index is 0.107. The molecule has 0 amide bonds. The summed E-state index contributed by atoms with van der Waals surface area (Å²) in [5.41, 5.74) is 3.55. The zero-order valence-electron chi connectivity index (χ0n) is 17.0. The number of hydrogen-bond donors (Lipinski definition) is 1. The largest absolute Gasteiger partial charge is 0.378 e. The predicted molar refractivity (Wildman–Crippen MR) is 115 cm³/mol. The molecular weight excluding hydrogens is 384 g/mol. The third-order valence-corrected chi connectivity index (χ3v) is 7.29. The van der Waals surface area contributed by atoms with Crippen LogP contribution in [0.3, 0.4) is 0 Å². The Hall–Kier alpha value is -1.95. The van der Waals surface area contributed by atoms with E-state index in [9.17, 15) is 5.11 Å². The first-order chi connectivity index (χ1) is 14.0. The molecule has 3 aromatic rings. The Bertz CT molecular complexity index is 1070. The van der Waals surface area contributed by atoms with Gasteiger partial charge in [0.2, 0.25) is 0 Å². The first-order valence-corrected chi connectivity index (χ1v) is 11.0. The smallest absolute Gasteiger partial charge is 0.159 e. The third kappa shape index (κ3) is 2.82. The van der Waals surface area contributed by atoms with E-state index in [2.05, 4.69) is 35.2 Å². The van der Waals surface area contributed by atoms with Gasteiger partial charge in [0.15, 0.2) is 5.65 Å². The zero-order valence-corrected chi connectivity index (χ0v) is 17.8. The lowest BCUT2D eigenvalue weighted by Gasteiger charge is -2.41. The molecule has 5 rings (SSSR count). The molecule has 2 aromatic heterocycles. The predicted octanol–water partition coefficient (Wildman–Crippen LogP) is 3.78. The summed E-state index contributed by atoms with van der Waals surface area (Å²) in [7, 11) is 2.15. The van der Waals surface area contributed by atoms with Gasteiger partial charge in [-0.05, 0) is 69.4 Å². The first kappa shape index (κ1) is 19.0. The van der Waals surface area contributed by atoms with Crippen molar-refractivity contribution in [3.05, 3.63) is 57.9 Å². The summed E-state index contributed by atoms with van der Waals surface area (Å²) < 4.78 is 1.87. The van der Waals surface area contributed by atoms with Crippen molar-refractivity contribution in [1.29, 1.82) is 0 Å². The van der Waals surface area contributed by atoms with Gasteiger partial charge in [-0.15, -0.1) is 0 Å². The van der Waals surface area contributed by atoms with Gasteiger partial charge >= 0.3 is 0 Å². The molecular formula is C23H27ClN4O. The van der Waals surface area contributed by atoms with Gasteiger partial charge in [-0.1, -0.05) is 35.9 Å². The molecule has 1 fully saturated rings. The van der Waals surface area contributed by atoms with Gasteiger partial charge in [-0.2, -0.15) is 5.10 Å². The van der Waals surface area contributed by atoms with E-state index in [-0.39, 0.29) is 5.92 Å². The number of halogens is 1. The minimum atomic E-state index is -1.13. The Morgan fingerprint density at radius 2 is 1.97 bits per heavy atom. The summed E-state index contributed by atoms with van der Waals surface area (Å²) in [4.78, 5) is 7.40. The maximum Gasteiger partial charge on any atom is 0.159 e. The van der Waals surface area contributed by atoms with E-state index in [1.165, 1.54) is 5.56 Å². The Morgan fingerprint density at radius 1 is 1.21 bits per heavy atom. The van der Waals surface area contributed by atoms with Crippen molar-refractivity contribution >= 4 is 22.6 Å². The minimum Gasteiger partial charge on any atom is -0.378 e. The standard InChI is InChI=1S/C23H27ClN4O/c1-3-28-22-18(14-25-28)20(24)17-9-8-15-6-4-5-7-19(15)23(29,21(17)26-22)16-10-12-27(2)13-11-16/h4-7,14,16,29H,3,8-13H2,1-2H3. The highest BCUT2D eigenvalue weighted by Gasteiger charge is 2.47. The molecule has 0 spiro atoms. The molecule has 1 aromatic carbocycles. The molecule has 5 nitrogen and oxygen atoms in total. The molecule has 1 unspecified atom stereocenters. The third-order valence-electron chi connectivity index (χ3n) is 6.86. The van der Waals surface area contributed by atoms with Crippen molar-refractivity contribution in [3.63, 3.8) is 0 Å². The fraction of sp³-hybridized carbons (Fsp3) is 0.478. The number of likely N-dealkylation sites (tertiary alicyclic amines) is 1. The number of fused-ring (bicyclic) bond motifs is 3. The Kier molecular flexibility index (Phi) is 4.65. The number of pyridine rings is 1. The molecule has 1 aliphatic heterocycles. The number of piperidine rings is 1. The first-order valence-electron chi connectivity index (χ1n) is 10.6. The van der Waals surface area contributed by atoms with Crippen LogP contribution < -0.4 is 0 Å². The second kappa shape index (κ2) is 7.08. The van der Waals surface area contributed by atoms with Crippen molar-refractivity contribution < 1.29 is 5.11 Å². The maximum atomic E-state index is 12.5. The van der Waals surface area contributed by atoms with Gasteiger partial charge in [0.1, 0.15) is 5.60 Å². The lowest BCUT2D eigenvalue weighted by atomic mass is 9.72. The highest BCUT2D eigenvalue weighted by atomic mass is 35.5. The van der Waals surface area contributed by atoms with Crippen LogP contribution in [0.2, 0.25) is 5.02 Å². The molecule has 152 valence electrons. The number of aromatic nitrogens is 3. The number of aliphatic hydroxyl groups is 1. The summed E-state index contributed by atoms with van der Waals surface area (Å²) in [5.74, 6) is 0.107. The Morgan fingerprint density at radius 3 is 2.72 bits per heavy atom. The highest BCUT2D eigenvalue weighted by Crippen LogP contribution is 2.47. The van der Waals surface area contributed by atoms with Crippen LogP contribution in [0.5, 0.6) is 0 Å². The van der Waals surface area contributed by atoms with Gasteiger partial charge in [-0.25, -0.2) is 9.67 Å². The van der Waals surface area contributed by atoms with Crippen molar-refractivity contribution in [2.24, 2.45) is 5.92 Å². The summed E-state index contributed by atoms with van der Waals surface area (Å²) in [6.07, 6.45) is 5.31. The van der Waals surface area contributed by atoms with Crippen LogP contribution in [-0.4, -0.2) is 44.9 Å². The number of hydrogen-bond acceptors (Lipinski definition) is 4. The molecule has 0 saturated carbocycles. The fourth-order valence-corrected chi connectivity index (χ4v) is 5.52. The van der Waals surface area contributed by atoms with E-state index >= 15 is 0 Å². The van der Waals surface area contributed by atoms with Crippen LogP contribution >= 0.6 is 11.6 Å². The number of benzene rings is 1. The van der Waals surface area contributed by atoms with E-state index in [1.807, 2.05) is 17.7 Å². The summed E-state index contributed by atoms with van der Waals surface area (Å²) >= 11 is 6.92. The quantitative estimate of drug-likeness (QED) is 0.698. The van der Waals surface area contributed by atoms with E-state index < -0.39 is 5.60 Å². The Balaban J connectivity index is 1.80. The molecule has 1 N–H and O–H groups in total. The normalized spacial score (nSPS) is 23.0. The molecule has 1 saturated heterocycles. The number of aryl methyl sites for hydroxylation is 2. The SMILES string of the molecule is CCn1ncc2c(Cl)c3c(nc21)C(O)(C1CCN(C)CC1)c1ccccc1CC3. The molecule has 29 heavy (non-hydrogen) atoms. The van der Waals surface area contributed by atoms with Crippen LogP contribution in [-0.2, 0) is 25.0 Å². The monoisotopic (exact) mass is 410 g/mol. The van der Waals surface area contributed by atoms with Gasteiger partial charge in [0.05, 0.1) is 22.3 Å². The molecule has 3 heterocycles. The van der Waals surface area contributed by atoms with Gasteiger partial charge in [0.25, 0.3) is 0 Å². The summed E-state index contributed by atoms with van der Waals surface area (Å²) in [5, 5.41) is 18.5. The van der Waals surface area contributed by atoms with E-state index in [1.54, 1.807) is 6.20 Å². The molecule has 1 atom stereocenters. The number of rotatable bonds is 2. The molecule has 2 aliphatic rings. The second-order valence-electron chi connectivity index (χ2n) is 8.45. The van der Waals surface area contributed by atoms with Gasteiger partial charge < -0.3 is 10.0 Å². The van der Waals surface area contributed by atoms with Crippen LogP contribution in [0.25, 0.3) is 11.0 Å². The maximum absolute atomic E-state index is 12.5. The van der Waals surface area contributed by atoms with E-state index in [4.69, 9.17) is 16.6 Å². The molecule has 0 radical (unpaired) electrons. The van der Waals surface area contributed by atoms with Gasteiger partial charge in [0, 0.05) is 12.5 Å². The van der Waals surface area contributed by atoms with Gasteiger partial charge in [-0.3, -0.25) is 0 Å². The lowest BCUT2D eigenvalue weighted by Crippen LogP contribution is -2.44. The molecule has 0 bridgehead atoms. The fourth-order valence-electron chi connectivity index (χ4n) is 5.20. The summed E-state index contributed by atoms with van der Waals surface area (Å²) in [6.45, 7) is 4.72. The topological polar surface area (TPSA) is 54.2 Å². The highest BCUT2D eigenvalue weighted by molar-refractivity contribution is 6.36. The average Bonchev–Trinajstić information content (AvgIpc) is 3.11. The van der Waals surface area contributed by atoms with E-state index in [0.29, 0.717) is 5.02 Å². The lowest BCUT2D eigenvalue weighted by molar-refractivity contribution is -0.0146. The number of nitrogens with zero attached hydrogens (tertiary/aromatic N) is 4. The van der Waals surface area contributed by atoms with Crippen molar-refractivity contribution in [1.82, 2.24) is 19.7 Å². The average molecular weight is 411 g/mol. The van der Waals surface area contributed by atoms with Crippen LogP contribution in [0.1, 0.15) is 42.1 Å². The molecule has 6 heteroatoms.